The van der Waals surface area contributed by atoms with Gasteiger partial charge in [-0.2, -0.15) is 0 Å². The number of hydrogen-bond acceptors (Lipinski definition) is 2. The molecule has 0 saturated carbocycles. The number of benzene rings is 1. The van der Waals surface area contributed by atoms with E-state index in [1.807, 2.05) is 18.2 Å². The van der Waals surface area contributed by atoms with Crippen LogP contribution >= 0.6 is 0 Å². The summed E-state index contributed by atoms with van der Waals surface area (Å²) in [4.78, 5) is 11.5. The van der Waals surface area contributed by atoms with E-state index in [0.717, 1.165) is 19.3 Å². The summed E-state index contributed by atoms with van der Waals surface area (Å²) in [6.07, 6.45) is 4.08. The molecule has 0 aromatic heterocycles. The second-order valence-electron chi connectivity index (χ2n) is 3.32. The molecular weight excluding hydrogens is 188 g/mol. The summed E-state index contributed by atoms with van der Waals surface area (Å²) < 4.78 is 0. The smallest absolute Gasteiger partial charge is 0.251 e. The zero-order chi connectivity index (χ0) is 10.9. The Morgan fingerprint density at radius 1 is 1.27 bits per heavy atom. The zero-order valence-corrected chi connectivity index (χ0v) is 8.70. The Balaban J connectivity index is 2.22. The van der Waals surface area contributed by atoms with Crippen LogP contribution in [0.5, 0.6) is 0 Å². The van der Waals surface area contributed by atoms with Crippen LogP contribution in [0, 0.1) is 5.41 Å². The molecule has 1 aromatic rings. The molecule has 0 spiro atoms. The minimum Gasteiger partial charge on any atom is -0.352 e. The van der Waals surface area contributed by atoms with Crippen molar-refractivity contribution >= 4 is 12.1 Å². The molecule has 1 amide bonds. The average Bonchev–Trinajstić information content (AvgIpc) is 2.30. The van der Waals surface area contributed by atoms with Crippen LogP contribution in [0.3, 0.4) is 0 Å². The van der Waals surface area contributed by atoms with Gasteiger partial charge in [0.2, 0.25) is 0 Å². The first-order valence-corrected chi connectivity index (χ1v) is 5.17. The number of nitrogens with one attached hydrogen (secondary N) is 2. The van der Waals surface area contributed by atoms with E-state index in [9.17, 15) is 4.79 Å². The molecule has 1 rings (SSSR count). The Hall–Kier alpha value is -1.64. The highest BCUT2D eigenvalue weighted by Gasteiger charge is 2.01. The molecule has 0 unspecified atom stereocenters. The molecule has 0 atom stereocenters. The van der Waals surface area contributed by atoms with Gasteiger partial charge in [0.25, 0.3) is 5.91 Å². The quantitative estimate of drug-likeness (QED) is 0.542. The van der Waals surface area contributed by atoms with Crippen LogP contribution in [0.2, 0.25) is 0 Å². The third-order valence-electron chi connectivity index (χ3n) is 2.10. The minimum absolute atomic E-state index is 0.0227. The standard InChI is InChI=1S/C12H16N2O/c13-9-5-2-6-10-14-12(15)11-7-3-1-4-8-11/h1,3-4,7-9,13H,2,5-6,10H2,(H,14,15). The molecular formula is C12H16N2O. The van der Waals surface area contributed by atoms with Crippen LogP contribution < -0.4 is 5.32 Å². The van der Waals surface area contributed by atoms with Gasteiger partial charge in [0, 0.05) is 12.1 Å². The fourth-order valence-corrected chi connectivity index (χ4v) is 1.26. The molecule has 0 heterocycles. The molecule has 0 aliphatic heterocycles. The molecule has 0 aliphatic carbocycles. The van der Waals surface area contributed by atoms with Crippen molar-refractivity contribution in [2.75, 3.05) is 6.54 Å². The first-order valence-electron chi connectivity index (χ1n) is 5.17. The Kier molecular flexibility index (Phi) is 5.15. The molecule has 0 aliphatic rings. The maximum Gasteiger partial charge on any atom is 0.251 e. The average molecular weight is 204 g/mol. The highest BCUT2D eigenvalue weighted by atomic mass is 16.1. The van der Waals surface area contributed by atoms with E-state index in [2.05, 4.69) is 5.32 Å². The number of carbonyl (C=O) groups is 1. The highest BCUT2D eigenvalue weighted by Crippen LogP contribution is 1.98. The number of carbonyl (C=O) groups excluding carboxylic acids is 1. The van der Waals surface area contributed by atoms with Crippen LogP contribution in [0.15, 0.2) is 30.3 Å². The van der Waals surface area contributed by atoms with Gasteiger partial charge >= 0.3 is 0 Å². The van der Waals surface area contributed by atoms with Crippen molar-refractivity contribution in [2.24, 2.45) is 0 Å². The third kappa shape index (κ3) is 4.40. The lowest BCUT2D eigenvalue weighted by molar-refractivity contribution is 0.0953. The Bertz CT molecular complexity index is 309. The van der Waals surface area contributed by atoms with Crippen molar-refractivity contribution in [1.29, 1.82) is 5.41 Å². The largest absolute Gasteiger partial charge is 0.352 e. The first-order chi connectivity index (χ1) is 7.34. The van der Waals surface area contributed by atoms with Crippen LogP contribution in [-0.2, 0) is 0 Å². The molecule has 0 fully saturated rings. The normalized spacial score (nSPS) is 9.60. The third-order valence-corrected chi connectivity index (χ3v) is 2.10. The molecule has 15 heavy (non-hydrogen) atoms. The Morgan fingerprint density at radius 2 is 2.00 bits per heavy atom. The number of hydrogen-bond donors (Lipinski definition) is 2. The van der Waals surface area contributed by atoms with Gasteiger partial charge in [-0.05, 0) is 37.6 Å². The Labute approximate surface area is 90.0 Å². The van der Waals surface area contributed by atoms with Crippen LogP contribution in [0.4, 0.5) is 0 Å². The lowest BCUT2D eigenvalue weighted by Gasteiger charge is -2.03. The van der Waals surface area contributed by atoms with Crippen LogP contribution in [0.25, 0.3) is 0 Å². The fourth-order valence-electron chi connectivity index (χ4n) is 1.26. The molecule has 3 nitrogen and oxygen atoms in total. The molecule has 0 radical (unpaired) electrons. The second-order valence-corrected chi connectivity index (χ2v) is 3.32. The van der Waals surface area contributed by atoms with Crippen LogP contribution in [0.1, 0.15) is 29.6 Å². The lowest BCUT2D eigenvalue weighted by Crippen LogP contribution is -2.24. The molecule has 3 heteroatoms. The predicted octanol–water partition coefficient (Wildman–Crippen LogP) is 2.24. The van der Waals surface area contributed by atoms with Gasteiger partial charge in [-0.3, -0.25) is 4.79 Å². The molecule has 2 N–H and O–H groups in total. The molecule has 1 aromatic carbocycles. The van der Waals surface area contributed by atoms with Gasteiger partial charge in [-0.25, -0.2) is 0 Å². The highest BCUT2D eigenvalue weighted by molar-refractivity contribution is 5.94. The van der Waals surface area contributed by atoms with Crippen molar-refractivity contribution in [3.63, 3.8) is 0 Å². The van der Waals surface area contributed by atoms with Gasteiger partial charge < -0.3 is 10.7 Å². The summed E-state index contributed by atoms with van der Waals surface area (Å²) in [5.74, 6) is -0.0227. The van der Waals surface area contributed by atoms with Crippen molar-refractivity contribution < 1.29 is 4.79 Å². The summed E-state index contributed by atoms with van der Waals surface area (Å²) in [5, 5.41) is 9.69. The maximum absolute atomic E-state index is 11.5. The van der Waals surface area contributed by atoms with E-state index >= 15 is 0 Å². The van der Waals surface area contributed by atoms with Crippen molar-refractivity contribution in [2.45, 2.75) is 19.3 Å². The molecule has 0 bridgehead atoms. The van der Waals surface area contributed by atoms with Gasteiger partial charge in [0.05, 0.1) is 0 Å². The van der Waals surface area contributed by atoms with Gasteiger partial charge in [-0.15, -0.1) is 0 Å². The summed E-state index contributed by atoms with van der Waals surface area (Å²) in [5.41, 5.74) is 0.699. The van der Waals surface area contributed by atoms with Crippen molar-refractivity contribution in [3.05, 3.63) is 35.9 Å². The molecule has 80 valence electrons. The van der Waals surface area contributed by atoms with E-state index in [1.165, 1.54) is 6.21 Å². The SMILES string of the molecule is N=CCCCCNC(=O)c1ccccc1. The van der Waals surface area contributed by atoms with Gasteiger partial charge in [0.15, 0.2) is 0 Å². The van der Waals surface area contributed by atoms with Crippen molar-refractivity contribution in [3.8, 4) is 0 Å². The van der Waals surface area contributed by atoms with Gasteiger partial charge in [-0.1, -0.05) is 18.2 Å². The molecule has 0 saturated heterocycles. The van der Waals surface area contributed by atoms with E-state index in [-0.39, 0.29) is 5.91 Å². The first kappa shape index (κ1) is 11.4. The number of amides is 1. The number of rotatable bonds is 6. The van der Waals surface area contributed by atoms with E-state index < -0.39 is 0 Å². The second kappa shape index (κ2) is 6.76. The van der Waals surface area contributed by atoms with Crippen molar-refractivity contribution in [1.82, 2.24) is 5.32 Å². The Morgan fingerprint density at radius 3 is 2.67 bits per heavy atom. The van der Waals surface area contributed by atoms with Crippen LogP contribution in [-0.4, -0.2) is 18.7 Å². The monoisotopic (exact) mass is 204 g/mol. The van der Waals surface area contributed by atoms with E-state index in [1.54, 1.807) is 12.1 Å². The van der Waals surface area contributed by atoms with E-state index in [0.29, 0.717) is 12.1 Å². The summed E-state index contributed by atoms with van der Waals surface area (Å²) in [6.45, 7) is 0.682. The van der Waals surface area contributed by atoms with E-state index in [4.69, 9.17) is 5.41 Å². The predicted molar refractivity (Wildman–Crippen MR) is 61.4 cm³/mol. The minimum atomic E-state index is -0.0227. The summed E-state index contributed by atoms with van der Waals surface area (Å²) in [7, 11) is 0. The topological polar surface area (TPSA) is 53.0 Å². The number of unbranched alkanes of at least 4 members (excludes halogenated alkanes) is 2. The summed E-state index contributed by atoms with van der Waals surface area (Å²) in [6, 6.07) is 9.19. The fraction of sp³-hybridized carbons (Fsp3) is 0.333. The summed E-state index contributed by atoms with van der Waals surface area (Å²) >= 11 is 0. The zero-order valence-electron chi connectivity index (χ0n) is 8.70. The lowest BCUT2D eigenvalue weighted by atomic mass is 10.2. The maximum atomic E-state index is 11.5. The van der Waals surface area contributed by atoms with Gasteiger partial charge in [0.1, 0.15) is 0 Å².